The van der Waals surface area contributed by atoms with Crippen molar-refractivity contribution >= 4 is 11.8 Å². The maximum absolute atomic E-state index is 13.1. The Hall–Kier alpha value is -3.09. The van der Waals surface area contributed by atoms with Gasteiger partial charge in [-0.05, 0) is 29.8 Å². The quantitative estimate of drug-likeness (QED) is 0.772. The summed E-state index contributed by atoms with van der Waals surface area (Å²) in [6.45, 7) is 0.152. The van der Waals surface area contributed by atoms with Crippen LogP contribution in [0.15, 0.2) is 51.6 Å². The predicted molar refractivity (Wildman–Crippen MR) is 76.2 cm³/mol. The molecule has 0 radical (unpaired) electrons. The summed E-state index contributed by atoms with van der Waals surface area (Å²) in [5, 5.41) is 6.38. The highest BCUT2D eigenvalue weighted by Gasteiger charge is 2.23. The van der Waals surface area contributed by atoms with Crippen molar-refractivity contribution in [2.75, 3.05) is 5.73 Å². The number of nitrogens with one attached hydrogen (secondary N) is 1. The summed E-state index contributed by atoms with van der Waals surface area (Å²) in [4.78, 5) is 12.3. The zero-order valence-corrected chi connectivity index (χ0v) is 11.4. The third kappa shape index (κ3) is 2.69. The number of rotatable bonds is 4. The van der Waals surface area contributed by atoms with Gasteiger partial charge in [-0.3, -0.25) is 4.79 Å². The van der Waals surface area contributed by atoms with E-state index < -0.39 is 5.91 Å². The maximum atomic E-state index is 13.1. The zero-order valence-electron chi connectivity index (χ0n) is 11.4. The number of aromatic nitrogens is 1. The average Bonchev–Trinajstić information content (AvgIpc) is 3.14. The first-order chi connectivity index (χ1) is 10.6. The standard InChI is InChI=1S/C15H12FN3O3/c16-10-4-1-3-9(7-10)8-18-15(20)12-13(19-22-14(12)17)11-5-2-6-21-11/h1-7H,8,17H2,(H,18,20). The van der Waals surface area contributed by atoms with Gasteiger partial charge in [-0.25, -0.2) is 4.39 Å². The molecule has 2 aromatic heterocycles. The fourth-order valence-corrected chi connectivity index (χ4v) is 2.02. The van der Waals surface area contributed by atoms with Gasteiger partial charge in [0.2, 0.25) is 5.88 Å². The van der Waals surface area contributed by atoms with E-state index in [4.69, 9.17) is 14.7 Å². The van der Waals surface area contributed by atoms with E-state index in [1.807, 2.05) is 0 Å². The van der Waals surface area contributed by atoms with E-state index in [2.05, 4.69) is 10.5 Å². The van der Waals surface area contributed by atoms with Crippen molar-refractivity contribution in [2.24, 2.45) is 0 Å². The van der Waals surface area contributed by atoms with Crippen LogP contribution in [0.5, 0.6) is 0 Å². The Balaban J connectivity index is 1.80. The molecule has 6 nitrogen and oxygen atoms in total. The van der Waals surface area contributed by atoms with Crippen molar-refractivity contribution in [2.45, 2.75) is 6.54 Å². The lowest BCUT2D eigenvalue weighted by molar-refractivity contribution is 0.0952. The third-order valence-corrected chi connectivity index (χ3v) is 3.04. The van der Waals surface area contributed by atoms with Crippen LogP contribution < -0.4 is 11.1 Å². The number of halogens is 1. The number of benzene rings is 1. The molecule has 0 saturated heterocycles. The fourth-order valence-electron chi connectivity index (χ4n) is 2.02. The van der Waals surface area contributed by atoms with Gasteiger partial charge in [0.25, 0.3) is 5.91 Å². The van der Waals surface area contributed by atoms with Gasteiger partial charge in [0.15, 0.2) is 11.5 Å². The molecule has 3 aromatic rings. The van der Waals surface area contributed by atoms with E-state index in [-0.39, 0.29) is 29.5 Å². The Kier molecular flexibility index (Phi) is 3.61. The summed E-state index contributed by atoms with van der Waals surface area (Å²) in [5.74, 6) is -0.582. The molecule has 1 amide bonds. The highest BCUT2D eigenvalue weighted by Crippen LogP contribution is 2.27. The van der Waals surface area contributed by atoms with Crippen molar-refractivity contribution in [3.63, 3.8) is 0 Å². The molecule has 0 saturated carbocycles. The summed E-state index contributed by atoms with van der Waals surface area (Å²) in [6.07, 6.45) is 1.45. The van der Waals surface area contributed by atoms with Gasteiger partial charge in [0.1, 0.15) is 11.4 Å². The number of nitrogen functional groups attached to an aromatic ring is 1. The number of carbonyl (C=O) groups excluding carboxylic acids is 1. The summed E-state index contributed by atoms with van der Waals surface area (Å²) in [7, 11) is 0. The lowest BCUT2D eigenvalue weighted by atomic mass is 10.1. The van der Waals surface area contributed by atoms with Crippen molar-refractivity contribution in [1.82, 2.24) is 10.5 Å². The number of hydrogen-bond donors (Lipinski definition) is 2. The van der Waals surface area contributed by atoms with E-state index in [1.54, 1.807) is 24.3 Å². The van der Waals surface area contributed by atoms with E-state index in [0.29, 0.717) is 11.3 Å². The van der Waals surface area contributed by atoms with Crippen molar-refractivity contribution < 1.29 is 18.1 Å². The van der Waals surface area contributed by atoms with Gasteiger partial charge in [-0.2, -0.15) is 0 Å². The molecule has 0 aliphatic rings. The van der Waals surface area contributed by atoms with Crippen LogP contribution in [0.4, 0.5) is 10.3 Å². The largest absolute Gasteiger partial charge is 0.463 e. The van der Waals surface area contributed by atoms with E-state index >= 15 is 0 Å². The number of nitrogens with zero attached hydrogens (tertiary/aromatic N) is 1. The Labute approximate surface area is 124 Å². The first kappa shape index (κ1) is 13.9. The molecule has 0 aliphatic heterocycles. The van der Waals surface area contributed by atoms with E-state index in [9.17, 15) is 9.18 Å². The molecule has 3 N–H and O–H groups in total. The fraction of sp³-hybridized carbons (Fsp3) is 0.0667. The second-order valence-corrected chi connectivity index (χ2v) is 4.56. The van der Waals surface area contributed by atoms with Crippen molar-refractivity contribution in [3.8, 4) is 11.5 Å². The van der Waals surface area contributed by atoms with Crippen LogP contribution in [0.1, 0.15) is 15.9 Å². The first-order valence-corrected chi connectivity index (χ1v) is 6.47. The Morgan fingerprint density at radius 3 is 2.91 bits per heavy atom. The molecule has 0 aliphatic carbocycles. The zero-order chi connectivity index (χ0) is 15.5. The van der Waals surface area contributed by atoms with Crippen LogP contribution in [0.25, 0.3) is 11.5 Å². The molecule has 7 heteroatoms. The number of carbonyl (C=O) groups is 1. The van der Waals surface area contributed by atoms with Crippen LogP contribution in [0.2, 0.25) is 0 Å². The minimum atomic E-state index is -0.477. The highest BCUT2D eigenvalue weighted by molar-refractivity contribution is 6.03. The highest BCUT2D eigenvalue weighted by atomic mass is 19.1. The van der Waals surface area contributed by atoms with Gasteiger partial charge >= 0.3 is 0 Å². The normalized spacial score (nSPS) is 10.6. The van der Waals surface area contributed by atoms with Crippen molar-refractivity contribution in [1.29, 1.82) is 0 Å². The van der Waals surface area contributed by atoms with Gasteiger partial charge in [-0.15, -0.1) is 0 Å². The maximum Gasteiger partial charge on any atom is 0.259 e. The third-order valence-electron chi connectivity index (χ3n) is 3.04. The molecular formula is C15H12FN3O3. The SMILES string of the molecule is Nc1onc(-c2ccco2)c1C(=O)NCc1cccc(F)c1. The lowest BCUT2D eigenvalue weighted by Gasteiger charge is -2.05. The minimum absolute atomic E-state index is 0.0892. The Morgan fingerprint density at radius 2 is 2.18 bits per heavy atom. The molecule has 0 bridgehead atoms. The van der Waals surface area contributed by atoms with Crippen LogP contribution in [0, 0.1) is 5.82 Å². The number of amides is 1. The van der Waals surface area contributed by atoms with Gasteiger partial charge in [0, 0.05) is 6.54 Å². The minimum Gasteiger partial charge on any atom is -0.463 e. The van der Waals surface area contributed by atoms with Crippen molar-refractivity contribution in [3.05, 3.63) is 59.6 Å². The number of nitrogens with two attached hydrogens (primary N) is 1. The average molecular weight is 301 g/mol. The molecule has 22 heavy (non-hydrogen) atoms. The summed E-state index contributed by atoms with van der Waals surface area (Å²) >= 11 is 0. The van der Waals surface area contributed by atoms with Crippen LogP contribution in [-0.2, 0) is 6.54 Å². The second-order valence-electron chi connectivity index (χ2n) is 4.56. The molecule has 1 aromatic carbocycles. The number of hydrogen-bond acceptors (Lipinski definition) is 5. The number of furan rings is 1. The van der Waals surface area contributed by atoms with Crippen LogP contribution >= 0.6 is 0 Å². The number of anilines is 1. The Morgan fingerprint density at radius 1 is 1.32 bits per heavy atom. The molecular weight excluding hydrogens is 289 g/mol. The molecule has 112 valence electrons. The second kappa shape index (κ2) is 5.72. The summed E-state index contributed by atoms with van der Waals surface area (Å²) in [5.41, 5.74) is 6.59. The first-order valence-electron chi connectivity index (χ1n) is 6.47. The van der Waals surface area contributed by atoms with Crippen LogP contribution in [-0.4, -0.2) is 11.1 Å². The van der Waals surface area contributed by atoms with Gasteiger partial charge in [0.05, 0.1) is 6.26 Å². The molecule has 3 rings (SSSR count). The predicted octanol–water partition coefficient (Wildman–Crippen LogP) is 2.59. The molecule has 0 fully saturated rings. The monoisotopic (exact) mass is 301 g/mol. The van der Waals surface area contributed by atoms with Gasteiger partial charge in [-0.1, -0.05) is 17.3 Å². The molecule has 0 spiro atoms. The smallest absolute Gasteiger partial charge is 0.259 e. The Bertz CT molecular complexity index is 796. The summed E-state index contributed by atoms with van der Waals surface area (Å²) in [6, 6.07) is 9.24. The topological polar surface area (TPSA) is 94.3 Å². The summed E-state index contributed by atoms with van der Waals surface area (Å²) < 4.78 is 23.2. The molecule has 0 atom stereocenters. The molecule has 0 unspecified atom stereocenters. The van der Waals surface area contributed by atoms with Crippen LogP contribution in [0.3, 0.4) is 0 Å². The molecule has 2 heterocycles. The van der Waals surface area contributed by atoms with Gasteiger partial charge < -0.3 is 20.0 Å². The lowest BCUT2D eigenvalue weighted by Crippen LogP contribution is -2.23. The van der Waals surface area contributed by atoms with E-state index in [0.717, 1.165) is 0 Å². The van der Waals surface area contributed by atoms with E-state index in [1.165, 1.54) is 18.4 Å².